The smallest absolute Gasteiger partial charge is 0.224 e. The van der Waals surface area contributed by atoms with E-state index in [-0.39, 0.29) is 5.28 Å². The number of aromatic nitrogens is 2. The summed E-state index contributed by atoms with van der Waals surface area (Å²) in [5.41, 5.74) is 5.74. The van der Waals surface area contributed by atoms with Gasteiger partial charge in [-0.05, 0) is 31.4 Å². The summed E-state index contributed by atoms with van der Waals surface area (Å²) in [6.45, 7) is 3.30. The average Bonchev–Trinajstić information content (AvgIpc) is 2.22. The molecule has 0 spiro atoms. The molecule has 1 aromatic heterocycles. The first kappa shape index (κ1) is 11.4. The highest BCUT2D eigenvalue weighted by Crippen LogP contribution is 2.28. The van der Waals surface area contributed by atoms with Crippen LogP contribution in [0.3, 0.4) is 0 Å². The van der Waals surface area contributed by atoms with Crippen LogP contribution in [0.1, 0.15) is 19.8 Å². The van der Waals surface area contributed by atoms with E-state index in [0.29, 0.717) is 24.3 Å². The third kappa shape index (κ3) is 2.36. The van der Waals surface area contributed by atoms with E-state index in [0.717, 1.165) is 13.1 Å². The number of nitrogens with two attached hydrogens (primary N) is 1. The molecule has 1 aliphatic rings. The molecule has 0 aliphatic carbocycles. The zero-order valence-electron chi connectivity index (χ0n) is 9.15. The number of anilines is 2. The quantitative estimate of drug-likeness (QED) is 0.721. The highest BCUT2D eigenvalue weighted by atomic mass is 35.5. The zero-order chi connectivity index (χ0) is 11.8. The largest absolute Gasteiger partial charge is 0.394 e. The number of rotatable bonds is 1. The molecular weight excluding hydrogens is 228 g/mol. The lowest BCUT2D eigenvalue weighted by Crippen LogP contribution is -2.43. The topological polar surface area (TPSA) is 75.3 Å². The van der Waals surface area contributed by atoms with Gasteiger partial charge < -0.3 is 15.7 Å². The summed E-state index contributed by atoms with van der Waals surface area (Å²) >= 11 is 5.74. The summed E-state index contributed by atoms with van der Waals surface area (Å²) in [4.78, 5) is 9.96. The normalized spacial score (nSPS) is 19.8. The Balaban J connectivity index is 2.17. The predicted molar refractivity (Wildman–Crippen MR) is 63.5 cm³/mol. The fourth-order valence-electron chi connectivity index (χ4n) is 1.81. The van der Waals surface area contributed by atoms with Crippen LogP contribution in [0.4, 0.5) is 11.5 Å². The number of hydrogen-bond acceptors (Lipinski definition) is 5. The summed E-state index contributed by atoms with van der Waals surface area (Å²) in [7, 11) is 0. The van der Waals surface area contributed by atoms with Gasteiger partial charge in [-0.25, -0.2) is 4.98 Å². The fourth-order valence-corrected chi connectivity index (χ4v) is 1.94. The molecule has 3 N–H and O–H groups in total. The van der Waals surface area contributed by atoms with Crippen LogP contribution in [0.25, 0.3) is 0 Å². The van der Waals surface area contributed by atoms with Crippen LogP contribution >= 0.6 is 11.6 Å². The summed E-state index contributed by atoms with van der Waals surface area (Å²) in [6.07, 6.45) is 2.92. The van der Waals surface area contributed by atoms with Crippen molar-refractivity contribution < 1.29 is 5.11 Å². The number of nitrogen functional groups attached to an aromatic ring is 1. The minimum Gasteiger partial charge on any atom is -0.394 e. The Kier molecular flexibility index (Phi) is 2.90. The monoisotopic (exact) mass is 242 g/mol. The van der Waals surface area contributed by atoms with E-state index in [1.54, 1.807) is 0 Å². The van der Waals surface area contributed by atoms with E-state index in [1.807, 2.05) is 11.8 Å². The average molecular weight is 243 g/mol. The van der Waals surface area contributed by atoms with Crippen molar-refractivity contribution >= 4 is 23.1 Å². The minimum absolute atomic E-state index is 0.196. The van der Waals surface area contributed by atoms with Crippen LogP contribution in [-0.4, -0.2) is 33.8 Å². The maximum Gasteiger partial charge on any atom is 0.224 e. The summed E-state index contributed by atoms with van der Waals surface area (Å²) in [5.74, 6) is 0.663. The molecule has 1 aromatic rings. The first-order chi connectivity index (χ1) is 7.48. The predicted octanol–water partition coefficient (Wildman–Crippen LogP) is 1.06. The van der Waals surface area contributed by atoms with E-state index < -0.39 is 5.60 Å². The Morgan fingerprint density at radius 3 is 2.75 bits per heavy atom. The fraction of sp³-hybridized carbons (Fsp3) is 0.600. The second-order valence-corrected chi connectivity index (χ2v) is 4.74. The van der Waals surface area contributed by atoms with Crippen LogP contribution < -0.4 is 10.6 Å². The van der Waals surface area contributed by atoms with Gasteiger partial charge in [0.05, 0.1) is 17.5 Å². The van der Waals surface area contributed by atoms with Crippen molar-refractivity contribution in [2.24, 2.45) is 0 Å². The number of piperidine rings is 1. The van der Waals surface area contributed by atoms with Crippen LogP contribution in [0.15, 0.2) is 6.20 Å². The lowest BCUT2D eigenvalue weighted by Gasteiger charge is -2.36. The van der Waals surface area contributed by atoms with Gasteiger partial charge in [-0.2, -0.15) is 4.98 Å². The molecule has 16 heavy (non-hydrogen) atoms. The molecule has 0 amide bonds. The third-order valence-corrected chi connectivity index (χ3v) is 3.09. The highest BCUT2D eigenvalue weighted by molar-refractivity contribution is 6.28. The van der Waals surface area contributed by atoms with E-state index >= 15 is 0 Å². The molecular formula is C10H15ClN4O. The van der Waals surface area contributed by atoms with Gasteiger partial charge >= 0.3 is 0 Å². The molecule has 5 nitrogen and oxygen atoms in total. The second kappa shape index (κ2) is 4.07. The van der Waals surface area contributed by atoms with Crippen molar-refractivity contribution in [1.29, 1.82) is 0 Å². The van der Waals surface area contributed by atoms with E-state index in [1.165, 1.54) is 6.20 Å². The van der Waals surface area contributed by atoms with Crippen LogP contribution in [-0.2, 0) is 0 Å². The molecule has 1 fully saturated rings. The molecule has 1 aliphatic heterocycles. The van der Waals surface area contributed by atoms with Gasteiger partial charge in [-0.15, -0.1) is 0 Å². The molecule has 2 rings (SSSR count). The van der Waals surface area contributed by atoms with Crippen LogP contribution in [0.2, 0.25) is 5.28 Å². The number of halogens is 1. The summed E-state index contributed by atoms with van der Waals surface area (Å²) < 4.78 is 0. The Labute approximate surface area is 99.3 Å². The number of hydrogen-bond donors (Lipinski definition) is 2. The van der Waals surface area contributed by atoms with Crippen molar-refractivity contribution in [2.45, 2.75) is 25.4 Å². The van der Waals surface area contributed by atoms with E-state index in [2.05, 4.69) is 9.97 Å². The molecule has 6 heteroatoms. The van der Waals surface area contributed by atoms with Crippen LogP contribution in [0, 0.1) is 0 Å². The Morgan fingerprint density at radius 2 is 2.12 bits per heavy atom. The molecule has 0 bridgehead atoms. The lowest BCUT2D eigenvalue weighted by molar-refractivity contribution is 0.0350. The first-order valence-corrected chi connectivity index (χ1v) is 5.61. The Morgan fingerprint density at radius 1 is 1.50 bits per heavy atom. The third-order valence-electron chi connectivity index (χ3n) is 2.91. The van der Waals surface area contributed by atoms with Crippen molar-refractivity contribution in [3.05, 3.63) is 11.5 Å². The van der Waals surface area contributed by atoms with Crippen molar-refractivity contribution in [3.63, 3.8) is 0 Å². The number of nitrogens with zero attached hydrogens (tertiary/aromatic N) is 3. The van der Waals surface area contributed by atoms with Crippen molar-refractivity contribution in [1.82, 2.24) is 9.97 Å². The maximum absolute atomic E-state index is 9.85. The van der Waals surface area contributed by atoms with Crippen LogP contribution in [0.5, 0.6) is 0 Å². The lowest BCUT2D eigenvalue weighted by atomic mass is 9.94. The van der Waals surface area contributed by atoms with Gasteiger partial charge in [0.15, 0.2) is 5.82 Å². The molecule has 0 unspecified atom stereocenters. The zero-order valence-corrected chi connectivity index (χ0v) is 9.91. The van der Waals surface area contributed by atoms with E-state index in [9.17, 15) is 5.11 Å². The van der Waals surface area contributed by atoms with Crippen molar-refractivity contribution in [3.8, 4) is 0 Å². The molecule has 0 radical (unpaired) electrons. The number of aliphatic hydroxyl groups is 1. The van der Waals surface area contributed by atoms with Gasteiger partial charge in [0.2, 0.25) is 5.28 Å². The SMILES string of the molecule is CC1(O)CCN(c2nc(Cl)ncc2N)CC1. The molecule has 0 aromatic carbocycles. The van der Waals surface area contributed by atoms with E-state index in [4.69, 9.17) is 17.3 Å². The minimum atomic E-state index is -0.581. The second-order valence-electron chi connectivity index (χ2n) is 4.40. The van der Waals surface area contributed by atoms with Gasteiger partial charge in [0, 0.05) is 13.1 Å². The Bertz CT molecular complexity index is 386. The molecule has 0 saturated carbocycles. The van der Waals surface area contributed by atoms with Gasteiger partial charge in [-0.3, -0.25) is 0 Å². The molecule has 0 atom stereocenters. The highest BCUT2D eigenvalue weighted by Gasteiger charge is 2.28. The summed E-state index contributed by atoms with van der Waals surface area (Å²) in [5, 5.41) is 10.0. The Hall–Kier alpha value is -1.07. The maximum atomic E-state index is 9.85. The van der Waals surface area contributed by atoms with Gasteiger partial charge in [0.1, 0.15) is 0 Å². The molecule has 1 saturated heterocycles. The van der Waals surface area contributed by atoms with Crippen molar-refractivity contribution in [2.75, 3.05) is 23.7 Å². The standard InChI is InChI=1S/C10H15ClN4O/c1-10(16)2-4-15(5-3-10)8-7(12)6-13-9(11)14-8/h6,16H,2-5,12H2,1H3. The van der Waals surface area contributed by atoms with Gasteiger partial charge in [0.25, 0.3) is 0 Å². The molecule has 88 valence electrons. The summed E-state index contributed by atoms with van der Waals surface area (Å²) in [6, 6.07) is 0. The molecule has 2 heterocycles. The van der Waals surface area contributed by atoms with Gasteiger partial charge in [-0.1, -0.05) is 0 Å². The first-order valence-electron chi connectivity index (χ1n) is 5.23.